The number of benzene rings is 1. The second-order valence-electron chi connectivity index (χ2n) is 2.38. The van der Waals surface area contributed by atoms with E-state index in [1.165, 1.54) is 0 Å². The molecular formula is C10H9NS2. The Morgan fingerprint density at radius 3 is 2.62 bits per heavy atom. The van der Waals surface area contributed by atoms with E-state index >= 15 is 0 Å². The second kappa shape index (κ2) is 5.70. The molecule has 1 aromatic carbocycles. The van der Waals surface area contributed by atoms with Crippen LogP contribution in [0.2, 0.25) is 0 Å². The van der Waals surface area contributed by atoms with Crippen molar-refractivity contribution in [2.24, 2.45) is 4.99 Å². The maximum absolute atomic E-state index is 4.50. The first-order chi connectivity index (χ1) is 6.36. The van der Waals surface area contributed by atoms with Crippen LogP contribution in [0.3, 0.4) is 0 Å². The van der Waals surface area contributed by atoms with Gasteiger partial charge in [0, 0.05) is 5.75 Å². The van der Waals surface area contributed by atoms with Gasteiger partial charge in [0.05, 0.1) is 10.8 Å². The van der Waals surface area contributed by atoms with Gasteiger partial charge in [-0.1, -0.05) is 24.3 Å². The average Bonchev–Trinajstić information content (AvgIpc) is 2.17. The Kier molecular flexibility index (Phi) is 4.47. The largest absolute Gasteiger partial charge is 0.195 e. The van der Waals surface area contributed by atoms with Crippen molar-refractivity contribution in [3.8, 4) is 0 Å². The molecule has 1 rings (SSSR count). The van der Waals surface area contributed by atoms with Crippen LogP contribution in [-0.4, -0.2) is 10.9 Å². The van der Waals surface area contributed by atoms with Crippen LogP contribution in [0.25, 0.3) is 6.08 Å². The van der Waals surface area contributed by atoms with Gasteiger partial charge < -0.3 is 0 Å². The van der Waals surface area contributed by atoms with Gasteiger partial charge in [-0.05, 0) is 29.9 Å². The van der Waals surface area contributed by atoms with Crippen LogP contribution in [0.1, 0.15) is 5.56 Å². The Hall–Kier alpha value is -0.890. The molecule has 1 aromatic rings. The average molecular weight is 207 g/mol. The van der Waals surface area contributed by atoms with Crippen molar-refractivity contribution in [3.63, 3.8) is 0 Å². The van der Waals surface area contributed by atoms with E-state index in [4.69, 9.17) is 0 Å². The minimum absolute atomic E-state index is 0.750. The monoisotopic (exact) mass is 207 g/mol. The fraction of sp³-hybridized carbons (Fsp3) is 0.100. The Bertz CT molecular complexity index is 334. The fourth-order valence-electron chi connectivity index (χ4n) is 0.901. The molecule has 13 heavy (non-hydrogen) atoms. The quantitative estimate of drug-likeness (QED) is 0.455. The maximum Gasteiger partial charge on any atom is 0.0739 e. The molecule has 0 N–H and O–H groups in total. The third-order valence-corrected chi connectivity index (χ3v) is 1.79. The molecule has 1 nitrogen and oxygen atoms in total. The zero-order chi connectivity index (χ0) is 9.52. The summed E-state index contributed by atoms with van der Waals surface area (Å²) in [6.07, 6.45) is 4.00. The van der Waals surface area contributed by atoms with Gasteiger partial charge in [0.2, 0.25) is 0 Å². The van der Waals surface area contributed by atoms with Gasteiger partial charge in [0.25, 0.3) is 0 Å². The highest BCUT2D eigenvalue weighted by molar-refractivity contribution is 7.80. The van der Waals surface area contributed by atoms with Crippen LogP contribution < -0.4 is 0 Å². The predicted molar refractivity (Wildman–Crippen MR) is 64.0 cm³/mol. The summed E-state index contributed by atoms with van der Waals surface area (Å²) >= 11 is 8.57. The highest BCUT2D eigenvalue weighted by Crippen LogP contribution is 2.12. The summed E-state index contributed by atoms with van der Waals surface area (Å²) in [7, 11) is 0. The number of nitrogens with zero attached hydrogens (tertiary/aromatic N) is 1. The van der Waals surface area contributed by atoms with E-state index in [2.05, 4.69) is 35.0 Å². The molecule has 0 fully saturated rings. The molecule has 66 valence electrons. The fourth-order valence-corrected chi connectivity index (χ4v) is 1.11. The Balaban J connectivity index is 2.80. The first kappa shape index (κ1) is 10.2. The van der Waals surface area contributed by atoms with Gasteiger partial charge in [0.1, 0.15) is 0 Å². The third-order valence-electron chi connectivity index (χ3n) is 1.48. The molecule has 3 heteroatoms. The molecular weight excluding hydrogens is 198 g/mol. The van der Waals surface area contributed by atoms with Crippen LogP contribution in [-0.2, 0) is 0 Å². The van der Waals surface area contributed by atoms with E-state index < -0.39 is 0 Å². The number of rotatable bonds is 3. The number of hydrogen-bond donors (Lipinski definition) is 1. The van der Waals surface area contributed by atoms with Crippen molar-refractivity contribution in [3.05, 3.63) is 35.9 Å². The molecule has 0 spiro atoms. The molecule has 0 aliphatic carbocycles. The van der Waals surface area contributed by atoms with Gasteiger partial charge >= 0.3 is 0 Å². The van der Waals surface area contributed by atoms with Crippen LogP contribution >= 0.6 is 24.8 Å². The van der Waals surface area contributed by atoms with Crippen molar-refractivity contribution in [1.82, 2.24) is 0 Å². The number of thiol groups is 1. The van der Waals surface area contributed by atoms with Gasteiger partial charge in [-0.15, -0.1) is 0 Å². The highest BCUT2D eigenvalue weighted by Gasteiger charge is 1.87. The number of isothiocyanates is 1. The zero-order valence-corrected chi connectivity index (χ0v) is 8.68. The molecule has 0 saturated heterocycles. The SMILES string of the molecule is S=C=Nc1ccc(C=CCS)cc1. The summed E-state index contributed by atoms with van der Waals surface area (Å²) in [6, 6.07) is 7.76. The lowest BCUT2D eigenvalue weighted by Crippen LogP contribution is -1.70. The summed E-state index contributed by atoms with van der Waals surface area (Å²) in [4.78, 5) is 3.85. The van der Waals surface area contributed by atoms with E-state index in [9.17, 15) is 0 Å². The zero-order valence-electron chi connectivity index (χ0n) is 6.97. The second-order valence-corrected chi connectivity index (χ2v) is 2.93. The molecule has 0 aliphatic rings. The molecule has 0 radical (unpaired) electrons. The molecule has 0 atom stereocenters. The summed E-state index contributed by atoms with van der Waals surface area (Å²) in [6.45, 7) is 0. The molecule has 0 saturated carbocycles. The van der Waals surface area contributed by atoms with E-state index in [0.717, 1.165) is 17.0 Å². The van der Waals surface area contributed by atoms with E-state index in [1.807, 2.05) is 36.4 Å². The van der Waals surface area contributed by atoms with Crippen LogP contribution in [0.4, 0.5) is 5.69 Å². The van der Waals surface area contributed by atoms with Gasteiger partial charge in [0.15, 0.2) is 0 Å². The van der Waals surface area contributed by atoms with Gasteiger partial charge in [-0.2, -0.15) is 17.6 Å². The predicted octanol–water partition coefficient (Wildman–Crippen LogP) is 3.36. The van der Waals surface area contributed by atoms with Crippen molar-refractivity contribution < 1.29 is 0 Å². The summed E-state index contributed by atoms with van der Waals surface area (Å²) in [5.41, 5.74) is 1.97. The normalized spacial score (nSPS) is 9.92. The van der Waals surface area contributed by atoms with Crippen LogP contribution in [0.5, 0.6) is 0 Å². The lowest BCUT2D eigenvalue weighted by Gasteiger charge is -1.93. The first-order valence-electron chi connectivity index (χ1n) is 3.82. The lowest BCUT2D eigenvalue weighted by molar-refractivity contribution is 1.53. The third kappa shape index (κ3) is 3.55. The standard InChI is InChI=1S/C10H9NS2/c12-7-1-2-9-3-5-10(6-4-9)11-8-13/h1-6,12H,7H2. The van der Waals surface area contributed by atoms with Crippen LogP contribution in [0.15, 0.2) is 35.3 Å². The number of aliphatic imine (C=N–C) groups is 1. The minimum atomic E-state index is 0.750. The molecule has 0 heterocycles. The van der Waals surface area contributed by atoms with Crippen LogP contribution in [0, 0.1) is 0 Å². The summed E-state index contributed by atoms with van der Waals surface area (Å²) < 4.78 is 0. The Morgan fingerprint density at radius 2 is 2.08 bits per heavy atom. The highest BCUT2D eigenvalue weighted by atomic mass is 32.1. The summed E-state index contributed by atoms with van der Waals surface area (Å²) in [5, 5.41) is 2.32. The molecule has 0 unspecified atom stereocenters. The molecule has 0 aliphatic heterocycles. The molecule has 0 amide bonds. The summed E-state index contributed by atoms with van der Waals surface area (Å²) in [5.74, 6) is 0.750. The number of thiocarbonyl (C=S) groups is 1. The topological polar surface area (TPSA) is 12.4 Å². The number of hydrogen-bond acceptors (Lipinski definition) is 3. The lowest BCUT2D eigenvalue weighted by atomic mass is 10.2. The molecule has 0 bridgehead atoms. The first-order valence-corrected chi connectivity index (χ1v) is 4.86. The van der Waals surface area contributed by atoms with E-state index in [-0.39, 0.29) is 0 Å². The van der Waals surface area contributed by atoms with Gasteiger partial charge in [-0.25, -0.2) is 0 Å². The van der Waals surface area contributed by atoms with E-state index in [1.54, 1.807) is 0 Å². The van der Waals surface area contributed by atoms with Gasteiger partial charge in [-0.3, -0.25) is 0 Å². The van der Waals surface area contributed by atoms with E-state index in [0.29, 0.717) is 0 Å². The van der Waals surface area contributed by atoms with Crippen molar-refractivity contribution in [1.29, 1.82) is 0 Å². The smallest absolute Gasteiger partial charge is 0.0739 e. The Morgan fingerprint density at radius 1 is 1.38 bits per heavy atom. The minimum Gasteiger partial charge on any atom is -0.195 e. The van der Waals surface area contributed by atoms with Crippen molar-refractivity contribution in [2.75, 3.05) is 5.75 Å². The van der Waals surface area contributed by atoms with Crippen molar-refractivity contribution >= 4 is 41.8 Å². The Labute approximate surface area is 88.6 Å². The van der Waals surface area contributed by atoms with Crippen molar-refractivity contribution in [2.45, 2.75) is 0 Å². The molecule has 0 aromatic heterocycles. The maximum atomic E-state index is 4.50.